The average Bonchev–Trinajstić information content (AvgIpc) is 2.57. The van der Waals surface area contributed by atoms with E-state index in [1.165, 1.54) is 11.3 Å². The van der Waals surface area contributed by atoms with Crippen LogP contribution >= 0.6 is 23.7 Å². The van der Waals surface area contributed by atoms with E-state index in [1.54, 1.807) is 5.51 Å². The fourth-order valence-corrected chi connectivity index (χ4v) is 1.30. The molecular weight excluding hydrogens is 224 g/mol. The Hall–Kier alpha value is -0.720. The molecular formula is C7H13ClN4OS. The summed E-state index contributed by atoms with van der Waals surface area (Å²) in [6, 6.07) is 0. The number of amides is 1. The van der Waals surface area contributed by atoms with Crippen LogP contribution in [-0.2, 0) is 4.79 Å². The zero-order chi connectivity index (χ0) is 9.52. The molecule has 0 aliphatic rings. The van der Waals surface area contributed by atoms with Crippen LogP contribution in [0, 0.1) is 0 Å². The van der Waals surface area contributed by atoms with E-state index in [0.717, 1.165) is 13.0 Å². The SMILES string of the molecule is CNCCCC(=O)Nc1nncs1.Cl. The van der Waals surface area contributed by atoms with Crippen molar-refractivity contribution in [3.05, 3.63) is 5.51 Å². The molecule has 5 nitrogen and oxygen atoms in total. The minimum Gasteiger partial charge on any atom is -0.320 e. The summed E-state index contributed by atoms with van der Waals surface area (Å²) in [6.45, 7) is 0.851. The topological polar surface area (TPSA) is 66.9 Å². The third-order valence-corrected chi connectivity index (χ3v) is 2.04. The molecule has 1 amide bonds. The van der Waals surface area contributed by atoms with Gasteiger partial charge in [0.2, 0.25) is 11.0 Å². The number of nitrogens with zero attached hydrogens (tertiary/aromatic N) is 2. The molecule has 1 aromatic heterocycles. The van der Waals surface area contributed by atoms with Gasteiger partial charge in [-0.25, -0.2) is 0 Å². The number of aromatic nitrogens is 2. The van der Waals surface area contributed by atoms with Crippen LogP contribution < -0.4 is 10.6 Å². The second kappa shape index (κ2) is 7.66. The summed E-state index contributed by atoms with van der Waals surface area (Å²) in [4.78, 5) is 11.2. The van der Waals surface area contributed by atoms with E-state index in [1.807, 2.05) is 7.05 Å². The highest BCUT2D eigenvalue weighted by molar-refractivity contribution is 7.13. The lowest BCUT2D eigenvalue weighted by Crippen LogP contribution is -2.15. The van der Waals surface area contributed by atoms with Gasteiger partial charge in [0.25, 0.3) is 0 Å². The molecule has 0 saturated carbocycles. The first kappa shape index (κ1) is 13.3. The van der Waals surface area contributed by atoms with E-state index < -0.39 is 0 Å². The highest BCUT2D eigenvalue weighted by Gasteiger charge is 2.03. The van der Waals surface area contributed by atoms with Crippen molar-refractivity contribution in [2.24, 2.45) is 0 Å². The lowest BCUT2D eigenvalue weighted by Gasteiger charge is -1.99. The van der Waals surface area contributed by atoms with Crippen molar-refractivity contribution in [2.45, 2.75) is 12.8 Å². The number of carbonyl (C=O) groups excluding carboxylic acids is 1. The van der Waals surface area contributed by atoms with Gasteiger partial charge in [-0.2, -0.15) is 0 Å². The molecule has 0 unspecified atom stereocenters. The summed E-state index contributed by atoms with van der Waals surface area (Å²) in [5, 5.41) is 13.5. The number of anilines is 1. The van der Waals surface area contributed by atoms with Crippen LogP contribution in [0.3, 0.4) is 0 Å². The van der Waals surface area contributed by atoms with Crippen LogP contribution in [0.4, 0.5) is 5.13 Å². The van der Waals surface area contributed by atoms with Gasteiger partial charge in [-0.1, -0.05) is 11.3 Å². The molecule has 0 atom stereocenters. The van der Waals surface area contributed by atoms with E-state index in [0.29, 0.717) is 11.6 Å². The van der Waals surface area contributed by atoms with Gasteiger partial charge in [-0.3, -0.25) is 4.79 Å². The highest BCUT2D eigenvalue weighted by Crippen LogP contribution is 2.08. The van der Waals surface area contributed by atoms with Gasteiger partial charge in [0.1, 0.15) is 5.51 Å². The summed E-state index contributed by atoms with van der Waals surface area (Å²) in [5.74, 6) is -0.00741. The Bertz CT molecular complexity index is 254. The molecule has 1 heterocycles. The first-order valence-electron chi connectivity index (χ1n) is 4.03. The Morgan fingerprint density at radius 2 is 2.43 bits per heavy atom. The third-order valence-electron chi connectivity index (χ3n) is 1.44. The molecule has 1 aromatic rings. The predicted octanol–water partition coefficient (Wildman–Crippen LogP) is 0.898. The average molecular weight is 237 g/mol. The summed E-state index contributed by atoms with van der Waals surface area (Å²) in [5.41, 5.74) is 1.59. The number of hydrogen-bond acceptors (Lipinski definition) is 5. The second-order valence-electron chi connectivity index (χ2n) is 2.50. The van der Waals surface area contributed by atoms with Crippen molar-refractivity contribution in [1.82, 2.24) is 15.5 Å². The third kappa shape index (κ3) is 5.11. The minimum atomic E-state index is -0.00741. The molecule has 0 radical (unpaired) electrons. The fraction of sp³-hybridized carbons (Fsp3) is 0.571. The fourth-order valence-electron chi connectivity index (χ4n) is 0.835. The first-order valence-corrected chi connectivity index (χ1v) is 4.91. The standard InChI is InChI=1S/C7H12N4OS.ClH/c1-8-4-2-3-6(12)10-7-11-9-5-13-7;/h5,8H,2-4H2,1H3,(H,10,11,12);1H. The highest BCUT2D eigenvalue weighted by atomic mass is 35.5. The zero-order valence-corrected chi connectivity index (χ0v) is 9.45. The van der Waals surface area contributed by atoms with Crippen molar-refractivity contribution in [1.29, 1.82) is 0 Å². The maximum atomic E-state index is 11.2. The lowest BCUT2D eigenvalue weighted by molar-refractivity contribution is -0.116. The Labute approximate surface area is 92.7 Å². The maximum absolute atomic E-state index is 11.2. The summed E-state index contributed by atoms with van der Waals surface area (Å²) in [7, 11) is 1.86. The van der Waals surface area contributed by atoms with Crippen LogP contribution in [0.5, 0.6) is 0 Å². The maximum Gasteiger partial charge on any atom is 0.226 e. The molecule has 1 rings (SSSR count). The quantitative estimate of drug-likeness (QED) is 0.746. The van der Waals surface area contributed by atoms with E-state index in [9.17, 15) is 4.79 Å². The van der Waals surface area contributed by atoms with E-state index in [4.69, 9.17) is 0 Å². The number of carbonyl (C=O) groups is 1. The first-order chi connectivity index (χ1) is 6.33. The normalized spacial score (nSPS) is 9.21. The molecule has 0 aliphatic carbocycles. The molecule has 0 saturated heterocycles. The van der Waals surface area contributed by atoms with Gasteiger partial charge in [0.05, 0.1) is 0 Å². The second-order valence-corrected chi connectivity index (χ2v) is 3.33. The molecule has 14 heavy (non-hydrogen) atoms. The van der Waals surface area contributed by atoms with Gasteiger partial charge in [0.15, 0.2) is 0 Å². The van der Waals surface area contributed by atoms with Crippen molar-refractivity contribution in [3.63, 3.8) is 0 Å². The number of rotatable bonds is 5. The number of hydrogen-bond donors (Lipinski definition) is 2. The van der Waals surface area contributed by atoms with Crippen molar-refractivity contribution in [3.8, 4) is 0 Å². The Morgan fingerprint density at radius 1 is 1.64 bits per heavy atom. The van der Waals surface area contributed by atoms with E-state index in [-0.39, 0.29) is 18.3 Å². The van der Waals surface area contributed by atoms with Crippen molar-refractivity contribution in [2.75, 3.05) is 18.9 Å². The van der Waals surface area contributed by atoms with Gasteiger partial charge < -0.3 is 10.6 Å². The molecule has 0 aliphatic heterocycles. The molecule has 0 spiro atoms. The summed E-state index contributed by atoms with van der Waals surface area (Å²) >= 11 is 1.32. The largest absolute Gasteiger partial charge is 0.320 e. The van der Waals surface area contributed by atoms with Gasteiger partial charge >= 0.3 is 0 Å². The summed E-state index contributed by atoms with van der Waals surface area (Å²) < 4.78 is 0. The van der Waals surface area contributed by atoms with Crippen molar-refractivity contribution < 1.29 is 4.79 Å². The van der Waals surface area contributed by atoms with Crippen molar-refractivity contribution >= 4 is 34.8 Å². The molecule has 0 aromatic carbocycles. The number of nitrogens with one attached hydrogen (secondary N) is 2. The molecule has 7 heteroatoms. The van der Waals surface area contributed by atoms with Crippen LogP contribution in [0.15, 0.2) is 5.51 Å². The monoisotopic (exact) mass is 236 g/mol. The Kier molecular flexibility index (Phi) is 7.27. The van der Waals surface area contributed by atoms with E-state index in [2.05, 4.69) is 20.8 Å². The van der Waals surface area contributed by atoms with E-state index >= 15 is 0 Å². The zero-order valence-electron chi connectivity index (χ0n) is 7.82. The molecule has 80 valence electrons. The molecule has 2 N–H and O–H groups in total. The molecule has 0 fully saturated rings. The Balaban J connectivity index is 0.00000169. The summed E-state index contributed by atoms with van der Waals surface area (Å²) in [6.07, 6.45) is 1.35. The van der Waals surface area contributed by atoms with Crippen LogP contribution in [0.25, 0.3) is 0 Å². The van der Waals surface area contributed by atoms with Crippen LogP contribution in [0.1, 0.15) is 12.8 Å². The van der Waals surface area contributed by atoms with Gasteiger partial charge in [-0.15, -0.1) is 22.6 Å². The Morgan fingerprint density at radius 3 is 3.00 bits per heavy atom. The predicted molar refractivity (Wildman–Crippen MR) is 58.9 cm³/mol. The molecule has 0 bridgehead atoms. The smallest absolute Gasteiger partial charge is 0.226 e. The van der Waals surface area contributed by atoms with Crippen LogP contribution in [-0.4, -0.2) is 29.7 Å². The van der Waals surface area contributed by atoms with Gasteiger partial charge in [0, 0.05) is 6.42 Å². The lowest BCUT2D eigenvalue weighted by atomic mass is 10.3. The number of halogens is 1. The van der Waals surface area contributed by atoms with Crippen LogP contribution in [0.2, 0.25) is 0 Å². The van der Waals surface area contributed by atoms with Gasteiger partial charge in [-0.05, 0) is 20.0 Å². The minimum absolute atomic E-state index is 0.